The number of aromatic nitrogens is 2. The Labute approximate surface area is 125 Å². The van der Waals surface area contributed by atoms with Gasteiger partial charge in [0.05, 0.1) is 11.3 Å². The van der Waals surface area contributed by atoms with Crippen LogP contribution in [0.4, 0.5) is 17.3 Å². The molecule has 0 unspecified atom stereocenters. The maximum atomic E-state index is 9.23. The van der Waals surface area contributed by atoms with Crippen LogP contribution >= 0.6 is 0 Å². The summed E-state index contributed by atoms with van der Waals surface area (Å²) in [5, 5.41) is 12.4. The minimum absolute atomic E-state index is 0.627. The van der Waals surface area contributed by atoms with Gasteiger partial charge in [0.25, 0.3) is 0 Å². The number of benzene rings is 1. The van der Waals surface area contributed by atoms with Crippen LogP contribution in [-0.4, -0.2) is 23.6 Å². The molecule has 0 atom stereocenters. The number of hydrogen-bond acceptors (Lipinski definition) is 5. The van der Waals surface area contributed by atoms with Gasteiger partial charge >= 0.3 is 0 Å². The fourth-order valence-corrected chi connectivity index (χ4v) is 2.07. The van der Waals surface area contributed by atoms with Crippen molar-refractivity contribution in [3.8, 4) is 6.07 Å². The molecule has 5 nitrogen and oxygen atoms in total. The minimum atomic E-state index is 0.627. The number of nitrogens with one attached hydrogen (secondary N) is 1. The fourth-order valence-electron chi connectivity index (χ4n) is 2.07. The molecule has 0 aliphatic carbocycles. The third kappa shape index (κ3) is 3.29. The van der Waals surface area contributed by atoms with Crippen molar-refractivity contribution < 1.29 is 0 Å². The molecule has 0 saturated heterocycles. The van der Waals surface area contributed by atoms with Crippen LogP contribution in [-0.2, 0) is 6.42 Å². The summed E-state index contributed by atoms with van der Waals surface area (Å²) in [5.74, 6) is 2.37. The lowest BCUT2D eigenvalue weighted by Gasteiger charge is -2.20. The third-order valence-electron chi connectivity index (χ3n) is 3.16. The van der Waals surface area contributed by atoms with Crippen LogP contribution in [0.5, 0.6) is 0 Å². The molecular formula is C16H19N5. The Morgan fingerprint density at radius 1 is 1.24 bits per heavy atom. The zero-order valence-electron chi connectivity index (χ0n) is 12.6. The number of para-hydroxylation sites is 1. The summed E-state index contributed by atoms with van der Waals surface area (Å²) >= 11 is 0. The van der Waals surface area contributed by atoms with Gasteiger partial charge in [0.2, 0.25) is 0 Å². The molecule has 0 fully saturated rings. The fraction of sp³-hybridized carbons (Fsp3) is 0.312. The van der Waals surface area contributed by atoms with Gasteiger partial charge in [-0.3, -0.25) is 0 Å². The monoisotopic (exact) mass is 281 g/mol. The SMILES string of the molecule is CCNc1cc(N(C)c2ccccc2C#N)nc(CC)n1. The Balaban J connectivity index is 2.45. The van der Waals surface area contributed by atoms with Crippen LogP contribution in [0, 0.1) is 11.3 Å². The van der Waals surface area contributed by atoms with Crippen LogP contribution in [0.3, 0.4) is 0 Å². The average Bonchev–Trinajstić information content (AvgIpc) is 2.54. The molecule has 0 radical (unpaired) electrons. The van der Waals surface area contributed by atoms with Gasteiger partial charge in [-0.1, -0.05) is 19.1 Å². The van der Waals surface area contributed by atoms with Gasteiger partial charge < -0.3 is 10.2 Å². The summed E-state index contributed by atoms with van der Waals surface area (Å²) in [4.78, 5) is 10.9. The van der Waals surface area contributed by atoms with Crippen molar-refractivity contribution in [2.75, 3.05) is 23.8 Å². The lowest BCUT2D eigenvalue weighted by atomic mass is 10.2. The molecule has 1 aromatic carbocycles. The number of aryl methyl sites for hydroxylation is 1. The van der Waals surface area contributed by atoms with Gasteiger partial charge in [-0.2, -0.15) is 5.26 Å². The van der Waals surface area contributed by atoms with Crippen molar-refractivity contribution in [1.82, 2.24) is 9.97 Å². The van der Waals surface area contributed by atoms with E-state index in [2.05, 4.69) is 21.4 Å². The van der Waals surface area contributed by atoms with E-state index < -0.39 is 0 Å². The molecule has 2 aromatic rings. The number of nitriles is 1. The normalized spacial score (nSPS) is 10.0. The van der Waals surface area contributed by atoms with Crippen LogP contribution in [0.2, 0.25) is 0 Å². The topological polar surface area (TPSA) is 64.8 Å². The molecule has 21 heavy (non-hydrogen) atoms. The van der Waals surface area contributed by atoms with Crippen molar-refractivity contribution in [1.29, 1.82) is 5.26 Å². The standard InChI is InChI=1S/C16H19N5/c1-4-14-19-15(18-5-2)10-16(20-14)21(3)13-9-7-6-8-12(13)11-17/h6-10H,4-5H2,1-3H3,(H,18,19,20). The van der Waals surface area contributed by atoms with E-state index in [0.717, 1.165) is 36.1 Å². The van der Waals surface area contributed by atoms with Crippen LogP contribution in [0.25, 0.3) is 0 Å². The summed E-state index contributed by atoms with van der Waals surface area (Å²) in [7, 11) is 1.91. The van der Waals surface area contributed by atoms with Crippen LogP contribution in [0.15, 0.2) is 30.3 Å². The molecule has 108 valence electrons. The largest absolute Gasteiger partial charge is 0.370 e. The molecule has 0 aliphatic rings. The predicted molar refractivity (Wildman–Crippen MR) is 84.8 cm³/mol. The molecule has 0 spiro atoms. The third-order valence-corrected chi connectivity index (χ3v) is 3.16. The van der Waals surface area contributed by atoms with E-state index in [9.17, 15) is 5.26 Å². The van der Waals surface area contributed by atoms with E-state index in [4.69, 9.17) is 0 Å². The van der Waals surface area contributed by atoms with Gasteiger partial charge in [0.15, 0.2) is 0 Å². The molecule has 0 bridgehead atoms. The number of nitrogens with zero attached hydrogens (tertiary/aromatic N) is 4. The number of hydrogen-bond donors (Lipinski definition) is 1. The summed E-state index contributed by atoms with van der Waals surface area (Å²) in [6.07, 6.45) is 0.764. The first-order chi connectivity index (χ1) is 10.2. The highest BCUT2D eigenvalue weighted by Gasteiger charge is 2.12. The molecular weight excluding hydrogens is 262 g/mol. The Bertz CT molecular complexity index is 660. The first-order valence-electron chi connectivity index (χ1n) is 7.04. The Morgan fingerprint density at radius 2 is 2.00 bits per heavy atom. The Hall–Kier alpha value is -2.61. The predicted octanol–water partition coefficient (Wildman–Crippen LogP) is 3.11. The van der Waals surface area contributed by atoms with Crippen LogP contribution in [0.1, 0.15) is 25.2 Å². The highest BCUT2D eigenvalue weighted by molar-refractivity contribution is 5.67. The van der Waals surface area contributed by atoms with Gasteiger partial charge in [0, 0.05) is 26.1 Å². The average molecular weight is 281 g/mol. The van der Waals surface area contributed by atoms with E-state index in [1.54, 1.807) is 6.07 Å². The zero-order valence-corrected chi connectivity index (χ0v) is 12.6. The first-order valence-corrected chi connectivity index (χ1v) is 7.04. The van der Waals surface area contributed by atoms with Gasteiger partial charge in [0.1, 0.15) is 23.5 Å². The molecule has 1 heterocycles. The van der Waals surface area contributed by atoms with E-state index >= 15 is 0 Å². The number of rotatable bonds is 5. The van der Waals surface area contributed by atoms with E-state index in [1.807, 2.05) is 50.1 Å². The van der Waals surface area contributed by atoms with Crippen molar-refractivity contribution in [3.63, 3.8) is 0 Å². The van der Waals surface area contributed by atoms with E-state index in [0.29, 0.717) is 5.56 Å². The van der Waals surface area contributed by atoms with E-state index in [-0.39, 0.29) is 0 Å². The maximum Gasteiger partial charge on any atom is 0.138 e. The van der Waals surface area contributed by atoms with E-state index in [1.165, 1.54) is 0 Å². The second-order valence-electron chi connectivity index (χ2n) is 4.60. The maximum absolute atomic E-state index is 9.23. The van der Waals surface area contributed by atoms with Gasteiger partial charge in [-0.15, -0.1) is 0 Å². The Kier molecular flexibility index (Phi) is 4.72. The van der Waals surface area contributed by atoms with Crippen molar-refractivity contribution in [2.24, 2.45) is 0 Å². The van der Waals surface area contributed by atoms with Crippen molar-refractivity contribution >= 4 is 17.3 Å². The lowest BCUT2D eigenvalue weighted by Crippen LogP contribution is -2.15. The molecule has 1 aromatic heterocycles. The molecule has 0 saturated carbocycles. The molecule has 2 rings (SSSR count). The Morgan fingerprint density at radius 3 is 2.67 bits per heavy atom. The number of anilines is 3. The van der Waals surface area contributed by atoms with Gasteiger partial charge in [-0.25, -0.2) is 9.97 Å². The second-order valence-corrected chi connectivity index (χ2v) is 4.60. The second kappa shape index (κ2) is 6.71. The molecule has 0 aliphatic heterocycles. The van der Waals surface area contributed by atoms with Crippen LogP contribution < -0.4 is 10.2 Å². The lowest BCUT2D eigenvalue weighted by molar-refractivity contribution is 0.922. The quantitative estimate of drug-likeness (QED) is 0.912. The highest BCUT2D eigenvalue weighted by atomic mass is 15.2. The van der Waals surface area contributed by atoms with Crippen molar-refractivity contribution in [2.45, 2.75) is 20.3 Å². The summed E-state index contributed by atoms with van der Waals surface area (Å²) in [5.41, 5.74) is 1.46. The summed E-state index contributed by atoms with van der Waals surface area (Å²) in [6.45, 7) is 4.86. The first kappa shape index (κ1) is 14.8. The molecule has 1 N–H and O–H groups in total. The van der Waals surface area contributed by atoms with Crippen molar-refractivity contribution in [3.05, 3.63) is 41.7 Å². The zero-order chi connectivity index (χ0) is 15.2. The molecule has 0 amide bonds. The summed E-state index contributed by atoms with van der Waals surface area (Å²) < 4.78 is 0. The van der Waals surface area contributed by atoms with Gasteiger partial charge in [-0.05, 0) is 19.1 Å². The minimum Gasteiger partial charge on any atom is -0.370 e. The molecule has 5 heteroatoms. The highest BCUT2D eigenvalue weighted by Crippen LogP contribution is 2.26. The summed E-state index contributed by atoms with van der Waals surface area (Å²) in [6, 6.07) is 11.6. The smallest absolute Gasteiger partial charge is 0.138 e.